The van der Waals surface area contributed by atoms with Crippen molar-refractivity contribution in [2.75, 3.05) is 13.1 Å². The summed E-state index contributed by atoms with van der Waals surface area (Å²) in [6.07, 6.45) is 0. The summed E-state index contributed by atoms with van der Waals surface area (Å²) in [6.45, 7) is 4.09. The topological polar surface area (TPSA) is 86.9 Å². The van der Waals surface area contributed by atoms with Crippen molar-refractivity contribution in [3.8, 4) is 0 Å². The van der Waals surface area contributed by atoms with E-state index in [0.29, 0.717) is 24.2 Å². The third kappa shape index (κ3) is 3.09. The summed E-state index contributed by atoms with van der Waals surface area (Å²) in [7, 11) is 0. The third-order valence-corrected chi connectivity index (χ3v) is 2.66. The number of aromatic nitrogens is 2. The summed E-state index contributed by atoms with van der Waals surface area (Å²) in [4.78, 5) is 30.1. The number of hydrogen-bond acceptors (Lipinski definition) is 3. The number of imidazole rings is 1. The molecule has 0 saturated carbocycles. The van der Waals surface area contributed by atoms with Crippen molar-refractivity contribution in [3.05, 3.63) is 29.6 Å². The highest BCUT2D eigenvalue weighted by molar-refractivity contribution is 6.04. The van der Waals surface area contributed by atoms with E-state index >= 15 is 0 Å². The molecule has 0 aliphatic heterocycles. The number of carbonyl (C=O) groups excluding carboxylic acids is 2. The zero-order valence-electron chi connectivity index (χ0n) is 10.9. The largest absolute Gasteiger partial charge is 0.355 e. The molecular weight excluding hydrogens is 244 g/mol. The minimum atomic E-state index is -0.192. The van der Waals surface area contributed by atoms with Crippen LogP contribution in [0.5, 0.6) is 0 Å². The lowest BCUT2D eigenvalue weighted by molar-refractivity contribution is -0.118. The molecule has 0 saturated heterocycles. The average Bonchev–Trinajstić information content (AvgIpc) is 2.73. The van der Waals surface area contributed by atoms with Gasteiger partial charge in [0.2, 0.25) is 5.91 Å². The maximum atomic E-state index is 12.0. The molecule has 1 heterocycles. The van der Waals surface area contributed by atoms with E-state index < -0.39 is 0 Å². The van der Waals surface area contributed by atoms with E-state index in [-0.39, 0.29) is 11.8 Å². The Hall–Kier alpha value is -2.37. The summed E-state index contributed by atoms with van der Waals surface area (Å²) in [6, 6.07) is 5.42. The number of rotatable bonds is 4. The standard InChI is InChI=1S/C13H16N4O2/c1-8-16-11-5-3-4-10(12(11)17-8)13(19)15-7-6-14-9(2)18/h3-5H,6-7H2,1-2H3,(H,14,18)(H,15,19)(H,16,17). The Kier molecular flexibility index (Phi) is 3.79. The number of para-hydroxylation sites is 1. The maximum Gasteiger partial charge on any atom is 0.253 e. The first kappa shape index (κ1) is 13.1. The van der Waals surface area contributed by atoms with E-state index in [2.05, 4.69) is 20.6 Å². The number of nitrogens with one attached hydrogen (secondary N) is 3. The normalized spacial score (nSPS) is 10.4. The molecule has 1 aromatic carbocycles. The van der Waals surface area contributed by atoms with E-state index in [9.17, 15) is 9.59 Å². The van der Waals surface area contributed by atoms with Gasteiger partial charge >= 0.3 is 0 Å². The number of nitrogens with zero attached hydrogens (tertiary/aromatic N) is 1. The first-order chi connectivity index (χ1) is 9.08. The molecule has 0 spiro atoms. The molecule has 6 nitrogen and oxygen atoms in total. The molecule has 0 aliphatic carbocycles. The molecule has 0 atom stereocenters. The lowest BCUT2D eigenvalue weighted by atomic mass is 10.1. The van der Waals surface area contributed by atoms with Gasteiger partial charge in [0, 0.05) is 20.0 Å². The monoisotopic (exact) mass is 260 g/mol. The van der Waals surface area contributed by atoms with Crippen LogP contribution in [0.4, 0.5) is 0 Å². The molecule has 2 amide bonds. The zero-order valence-corrected chi connectivity index (χ0v) is 10.9. The smallest absolute Gasteiger partial charge is 0.253 e. The SMILES string of the molecule is CC(=O)NCCNC(=O)c1cccc2[nH]c(C)nc12. The van der Waals surface area contributed by atoms with Gasteiger partial charge < -0.3 is 15.6 Å². The Bertz CT molecular complexity index is 618. The predicted octanol–water partition coefficient (Wildman–Crippen LogP) is 0.737. The van der Waals surface area contributed by atoms with E-state index in [1.807, 2.05) is 19.1 Å². The minimum Gasteiger partial charge on any atom is -0.355 e. The number of amides is 2. The number of carbonyl (C=O) groups is 2. The zero-order chi connectivity index (χ0) is 13.8. The maximum absolute atomic E-state index is 12.0. The van der Waals surface area contributed by atoms with Gasteiger partial charge in [0.25, 0.3) is 5.91 Å². The Morgan fingerprint density at radius 3 is 2.74 bits per heavy atom. The molecular formula is C13H16N4O2. The van der Waals surface area contributed by atoms with Gasteiger partial charge in [-0.15, -0.1) is 0 Å². The summed E-state index contributed by atoms with van der Waals surface area (Å²) < 4.78 is 0. The summed E-state index contributed by atoms with van der Waals surface area (Å²) in [5.74, 6) is 0.468. The number of hydrogen-bond donors (Lipinski definition) is 3. The highest BCUT2D eigenvalue weighted by atomic mass is 16.2. The number of benzene rings is 1. The van der Waals surface area contributed by atoms with Crippen molar-refractivity contribution in [1.82, 2.24) is 20.6 Å². The molecule has 19 heavy (non-hydrogen) atoms. The molecule has 100 valence electrons. The molecule has 3 N–H and O–H groups in total. The lowest BCUT2D eigenvalue weighted by Gasteiger charge is -2.06. The molecule has 0 bridgehead atoms. The first-order valence-corrected chi connectivity index (χ1v) is 6.06. The van der Waals surface area contributed by atoms with E-state index in [1.54, 1.807) is 6.07 Å². The summed E-state index contributed by atoms with van der Waals surface area (Å²) >= 11 is 0. The molecule has 0 unspecified atom stereocenters. The van der Waals surface area contributed by atoms with Crippen molar-refractivity contribution in [3.63, 3.8) is 0 Å². The minimum absolute atomic E-state index is 0.112. The highest BCUT2D eigenvalue weighted by Crippen LogP contribution is 2.15. The van der Waals surface area contributed by atoms with Gasteiger partial charge in [-0.2, -0.15) is 0 Å². The fourth-order valence-electron chi connectivity index (χ4n) is 1.85. The molecule has 0 radical (unpaired) electrons. The van der Waals surface area contributed by atoms with Crippen LogP contribution < -0.4 is 10.6 Å². The third-order valence-electron chi connectivity index (χ3n) is 2.66. The predicted molar refractivity (Wildman–Crippen MR) is 71.8 cm³/mol. The average molecular weight is 260 g/mol. The van der Waals surface area contributed by atoms with Gasteiger partial charge in [-0.25, -0.2) is 4.98 Å². The fraction of sp³-hybridized carbons (Fsp3) is 0.308. The fourth-order valence-corrected chi connectivity index (χ4v) is 1.85. The van der Waals surface area contributed by atoms with Crippen molar-refractivity contribution >= 4 is 22.8 Å². The molecule has 6 heteroatoms. The van der Waals surface area contributed by atoms with Crippen LogP contribution in [0.15, 0.2) is 18.2 Å². The van der Waals surface area contributed by atoms with E-state index in [0.717, 1.165) is 11.3 Å². The Balaban J connectivity index is 2.07. The number of aromatic amines is 1. The second-order valence-corrected chi connectivity index (χ2v) is 4.26. The van der Waals surface area contributed by atoms with Crippen LogP contribution in [0.3, 0.4) is 0 Å². The van der Waals surface area contributed by atoms with E-state index in [1.165, 1.54) is 6.92 Å². The van der Waals surface area contributed by atoms with Crippen LogP contribution in [-0.4, -0.2) is 34.9 Å². The highest BCUT2D eigenvalue weighted by Gasteiger charge is 2.11. The van der Waals surface area contributed by atoms with E-state index in [4.69, 9.17) is 0 Å². The van der Waals surface area contributed by atoms with Crippen LogP contribution >= 0.6 is 0 Å². The summed E-state index contributed by atoms with van der Waals surface area (Å²) in [5, 5.41) is 5.37. The van der Waals surface area contributed by atoms with Gasteiger partial charge in [-0.3, -0.25) is 9.59 Å². The van der Waals surface area contributed by atoms with Crippen LogP contribution in [0, 0.1) is 6.92 Å². The van der Waals surface area contributed by atoms with Crippen LogP contribution in [-0.2, 0) is 4.79 Å². The number of fused-ring (bicyclic) bond motifs is 1. The quantitative estimate of drug-likeness (QED) is 0.708. The molecule has 0 aliphatic rings. The van der Waals surface area contributed by atoms with Crippen LogP contribution in [0.2, 0.25) is 0 Å². The summed E-state index contributed by atoms with van der Waals surface area (Å²) in [5.41, 5.74) is 2.04. The molecule has 0 fully saturated rings. The second-order valence-electron chi connectivity index (χ2n) is 4.26. The Labute approximate surface area is 110 Å². The second kappa shape index (κ2) is 5.51. The number of H-pyrrole nitrogens is 1. The van der Waals surface area contributed by atoms with Gasteiger partial charge in [0.1, 0.15) is 11.3 Å². The molecule has 2 rings (SSSR count). The molecule has 2 aromatic rings. The van der Waals surface area contributed by atoms with Crippen molar-refractivity contribution in [1.29, 1.82) is 0 Å². The van der Waals surface area contributed by atoms with Gasteiger partial charge in [-0.1, -0.05) is 6.07 Å². The van der Waals surface area contributed by atoms with Crippen molar-refractivity contribution in [2.24, 2.45) is 0 Å². The Morgan fingerprint density at radius 2 is 2.00 bits per heavy atom. The molecule has 1 aromatic heterocycles. The van der Waals surface area contributed by atoms with Crippen molar-refractivity contribution in [2.45, 2.75) is 13.8 Å². The number of aryl methyl sites for hydroxylation is 1. The van der Waals surface area contributed by atoms with Crippen LogP contribution in [0.25, 0.3) is 11.0 Å². The van der Waals surface area contributed by atoms with Crippen LogP contribution in [0.1, 0.15) is 23.1 Å². The van der Waals surface area contributed by atoms with Gasteiger partial charge in [0.05, 0.1) is 11.1 Å². The van der Waals surface area contributed by atoms with Gasteiger partial charge in [0.15, 0.2) is 0 Å². The Morgan fingerprint density at radius 1 is 1.26 bits per heavy atom. The van der Waals surface area contributed by atoms with Crippen molar-refractivity contribution < 1.29 is 9.59 Å². The first-order valence-electron chi connectivity index (χ1n) is 6.06. The lowest BCUT2D eigenvalue weighted by Crippen LogP contribution is -2.33. The van der Waals surface area contributed by atoms with Gasteiger partial charge in [-0.05, 0) is 19.1 Å².